The minimum atomic E-state index is -0.518. The average molecular weight is 418 g/mol. The summed E-state index contributed by atoms with van der Waals surface area (Å²) in [7, 11) is 0. The molecule has 1 N–H and O–H groups in total. The van der Waals surface area contributed by atoms with E-state index in [2.05, 4.69) is 10.3 Å². The molecule has 8 heteroatoms. The minimum absolute atomic E-state index is 0.0950. The molecule has 6 nitrogen and oxygen atoms in total. The number of amides is 1. The molecule has 0 spiro atoms. The van der Waals surface area contributed by atoms with Crippen LogP contribution in [0.1, 0.15) is 47.1 Å². The van der Waals surface area contributed by atoms with Gasteiger partial charge in [0.15, 0.2) is 0 Å². The summed E-state index contributed by atoms with van der Waals surface area (Å²) in [6.07, 6.45) is 0. The number of benzene rings is 1. The van der Waals surface area contributed by atoms with Crippen LogP contribution in [0.4, 0.5) is 0 Å². The molecule has 0 aliphatic heterocycles. The average Bonchev–Trinajstić information content (AvgIpc) is 2.67. The molecule has 1 aromatic heterocycles. The molecule has 146 valence electrons. The highest BCUT2D eigenvalue weighted by Crippen LogP contribution is 2.24. The number of rotatable bonds is 7. The zero-order valence-electron chi connectivity index (χ0n) is 15.8. The van der Waals surface area contributed by atoms with Gasteiger partial charge in [-0.25, -0.2) is 9.78 Å². The van der Waals surface area contributed by atoms with Crippen LogP contribution in [-0.4, -0.2) is 29.2 Å². The summed E-state index contributed by atoms with van der Waals surface area (Å²) in [6.45, 7) is 5.49. The molecule has 1 amide bonds. The Balaban J connectivity index is 2.04. The van der Waals surface area contributed by atoms with Crippen LogP contribution in [0.15, 0.2) is 35.4 Å². The van der Waals surface area contributed by atoms with Gasteiger partial charge < -0.3 is 10.1 Å². The Hall–Kier alpha value is -2.56. The molecular formula is C20H20ClN3O3S. The predicted molar refractivity (Wildman–Crippen MR) is 108 cm³/mol. The highest BCUT2D eigenvalue weighted by molar-refractivity contribution is 8.00. The van der Waals surface area contributed by atoms with E-state index in [4.69, 9.17) is 16.3 Å². The number of aromatic nitrogens is 1. The van der Waals surface area contributed by atoms with Gasteiger partial charge in [-0.05, 0) is 44.5 Å². The number of hydrogen-bond acceptors (Lipinski definition) is 6. The second-order valence-corrected chi connectivity index (χ2v) is 7.34. The number of nitrogens with one attached hydrogen (secondary N) is 1. The zero-order valence-corrected chi connectivity index (χ0v) is 17.4. The highest BCUT2D eigenvalue weighted by atomic mass is 35.5. The zero-order chi connectivity index (χ0) is 20.7. The van der Waals surface area contributed by atoms with Gasteiger partial charge >= 0.3 is 5.97 Å². The van der Waals surface area contributed by atoms with Gasteiger partial charge in [-0.2, -0.15) is 5.26 Å². The Morgan fingerprint density at radius 2 is 2.04 bits per heavy atom. The highest BCUT2D eigenvalue weighted by Gasteiger charge is 2.17. The Kier molecular flexibility index (Phi) is 7.85. The molecule has 2 aromatic rings. The lowest BCUT2D eigenvalue weighted by atomic mass is 10.1. The number of ether oxygens (including phenoxy) is 1. The monoisotopic (exact) mass is 417 g/mol. The number of carbonyl (C=O) groups excluding carboxylic acids is 2. The summed E-state index contributed by atoms with van der Waals surface area (Å²) in [5.74, 6) is -0.613. The molecule has 2 rings (SSSR count). The summed E-state index contributed by atoms with van der Waals surface area (Å²) in [6, 6.07) is 10.5. The van der Waals surface area contributed by atoms with Crippen molar-refractivity contribution in [3.05, 3.63) is 57.7 Å². The summed E-state index contributed by atoms with van der Waals surface area (Å²) in [4.78, 5) is 28.5. The molecule has 28 heavy (non-hydrogen) atoms. The van der Waals surface area contributed by atoms with E-state index in [1.807, 2.05) is 25.1 Å². The second-order valence-electron chi connectivity index (χ2n) is 5.94. The van der Waals surface area contributed by atoms with Gasteiger partial charge in [0, 0.05) is 5.02 Å². The maximum absolute atomic E-state index is 12.3. The molecule has 1 aromatic carbocycles. The third-order valence-electron chi connectivity index (χ3n) is 3.88. The van der Waals surface area contributed by atoms with Crippen molar-refractivity contribution < 1.29 is 14.3 Å². The Morgan fingerprint density at radius 3 is 2.64 bits per heavy atom. The third kappa shape index (κ3) is 5.72. The van der Waals surface area contributed by atoms with Crippen LogP contribution in [0.5, 0.6) is 0 Å². The standard InChI is InChI=1S/C20H20ClN3O3S/c1-4-27-20(26)17-9-15(10-22)19(24-13(17)3)28-11-18(25)23-12(2)14-5-7-16(21)8-6-14/h5-9,12H,4,11H2,1-3H3,(H,23,25)/t12-/m0/s1. The smallest absolute Gasteiger partial charge is 0.340 e. The van der Waals surface area contributed by atoms with Crippen molar-refractivity contribution in [2.75, 3.05) is 12.4 Å². The van der Waals surface area contributed by atoms with Crippen LogP contribution in [0.2, 0.25) is 5.02 Å². The van der Waals surface area contributed by atoms with E-state index in [0.29, 0.717) is 15.7 Å². The van der Waals surface area contributed by atoms with Gasteiger partial charge in [0.1, 0.15) is 11.1 Å². The molecule has 0 radical (unpaired) electrons. The van der Waals surface area contributed by atoms with E-state index >= 15 is 0 Å². The van der Waals surface area contributed by atoms with Crippen LogP contribution in [0, 0.1) is 18.3 Å². The first kappa shape index (κ1) is 21.7. The Bertz CT molecular complexity index is 910. The van der Waals surface area contributed by atoms with Crippen molar-refractivity contribution in [2.24, 2.45) is 0 Å². The fourth-order valence-corrected chi connectivity index (χ4v) is 3.38. The van der Waals surface area contributed by atoms with Crippen LogP contribution >= 0.6 is 23.4 Å². The number of esters is 1. The molecule has 0 saturated carbocycles. The van der Waals surface area contributed by atoms with Crippen LogP contribution in [0.25, 0.3) is 0 Å². The largest absolute Gasteiger partial charge is 0.462 e. The van der Waals surface area contributed by atoms with Crippen LogP contribution in [-0.2, 0) is 9.53 Å². The molecular weight excluding hydrogens is 398 g/mol. The molecule has 0 bridgehead atoms. The van der Waals surface area contributed by atoms with Crippen LogP contribution in [0.3, 0.4) is 0 Å². The Labute approximate surface area is 173 Å². The maximum atomic E-state index is 12.3. The summed E-state index contributed by atoms with van der Waals surface area (Å²) in [5.41, 5.74) is 1.88. The number of aryl methyl sites for hydroxylation is 1. The van der Waals surface area contributed by atoms with Gasteiger partial charge in [-0.1, -0.05) is 35.5 Å². The fraction of sp³-hybridized carbons (Fsp3) is 0.300. The first-order valence-electron chi connectivity index (χ1n) is 8.62. The summed E-state index contributed by atoms with van der Waals surface area (Å²) in [5, 5.41) is 13.3. The number of carbonyl (C=O) groups is 2. The van der Waals surface area contributed by atoms with Gasteiger partial charge in [-0.15, -0.1) is 0 Å². The topological polar surface area (TPSA) is 92.1 Å². The van der Waals surface area contributed by atoms with E-state index in [1.165, 1.54) is 6.07 Å². The predicted octanol–water partition coefficient (Wildman–Crippen LogP) is 4.06. The van der Waals surface area contributed by atoms with E-state index in [9.17, 15) is 14.9 Å². The molecule has 1 heterocycles. The van der Waals surface area contributed by atoms with Crippen LogP contribution < -0.4 is 5.32 Å². The first-order chi connectivity index (χ1) is 13.3. The first-order valence-corrected chi connectivity index (χ1v) is 9.98. The Morgan fingerprint density at radius 1 is 1.36 bits per heavy atom. The van der Waals surface area contributed by atoms with E-state index in [0.717, 1.165) is 17.3 Å². The van der Waals surface area contributed by atoms with Crippen molar-refractivity contribution in [2.45, 2.75) is 31.8 Å². The SMILES string of the molecule is CCOC(=O)c1cc(C#N)c(SCC(=O)N[C@@H](C)c2ccc(Cl)cc2)nc1C. The lowest BCUT2D eigenvalue weighted by Gasteiger charge is -2.14. The number of pyridine rings is 1. The molecule has 1 atom stereocenters. The summed E-state index contributed by atoms with van der Waals surface area (Å²) >= 11 is 7.02. The number of nitrogens with zero attached hydrogens (tertiary/aromatic N) is 2. The van der Waals surface area contributed by atoms with Crippen molar-refractivity contribution in [1.82, 2.24) is 10.3 Å². The molecule has 0 aliphatic rings. The van der Waals surface area contributed by atoms with Crippen molar-refractivity contribution >= 4 is 35.2 Å². The molecule has 0 fully saturated rings. The van der Waals surface area contributed by atoms with Crippen molar-refractivity contribution in [3.8, 4) is 6.07 Å². The van der Waals surface area contributed by atoms with Crippen molar-refractivity contribution in [1.29, 1.82) is 5.26 Å². The normalized spacial score (nSPS) is 11.4. The summed E-state index contributed by atoms with van der Waals surface area (Å²) < 4.78 is 4.97. The van der Waals surface area contributed by atoms with Gasteiger partial charge in [-0.3, -0.25) is 4.79 Å². The number of halogens is 1. The van der Waals surface area contributed by atoms with E-state index in [-0.39, 0.29) is 35.4 Å². The van der Waals surface area contributed by atoms with E-state index < -0.39 is 5.97 Å². The number of thioether (sulfide) groups is 1. The number of nitriles is 1. The second kappa shape index (κ2) is 10.1. The molecule has 0 aliphatic carbocycles. The van der Waals surface area contributed by atoms with Crippen molar-refractivity contribution in [3.63, 3.8) is 0 Å². The fourth-order valence-electron chi connectivity index (χ4n) is 2.44. The van der Waals surface area contributed by atoms with E-state index in [1.54, 1.807) is 26.0 Å². The van der Waals surface area contributed by atoms with Gasteiger partial charge in [0.25, 0.3) is 0 Å². The van der Waals surface area contributed by atoms with Gasteiger partial charge in [0.2, 0.25) is 5.91 Å². The minimum Gasteiger partial charge on any atom is -0.462 e. The number of hydrogen-bond donors (Lipinski definition) is 1. The lowest BCUT2D eigenvalue weighted by Crippen LogP contribution is -2.28. The lowest BCUT2D eigenvalue weighted by molar-refractivity contribution is -0.119. The maximum Gasteiger partial charge on any atom is 0.340 e. The third-order valence-corrected chi connectivity index (χ3v) is 5.12. The van der Waals surface area contributed by atoms with Gasteiger partial charge in [0.05, 0.1) is 35.2 Å². The molecule has 0 saturated heterocycles. The quantitative estimate of drug-likeness (QED) is 0.539. The molecule has 0 unspecified atom stereocenters.